The highest BCUT2D eigenvalue weighted by atomic mass is 32.1. The second-order valence-electron chi connectivity index (χ2n) is 7.62. The lowest BCUT2D eigenvalue weighted by Crippen LogP contribution is -2.20. The number of fused-ring (bicyclic) bond motifs is 2. The van der Waals surface area contributed by atoms with E-state index in [1.807, 2.05) is 47.9 Å². The number of allylic oxidation sites excluding steroid dienone is 1. The van der Waals surface area contributed by atoms with E-state index in [0.717, 1.165) is 55.4 Å². The summed E-state index contributed by atoms with van der Waals surface area (Å²) in [6.07, 6.45) is 2.94. The first-order valence-corrected chi connectivity index (χ1v) is 10.9. The van der Waals surface area contributed by atoms with Crippen molar-refractivity contribution in [1.29, 1.82) is 0 Å². The summed E-state index contributed by atoms with van der Waals surface area (Å²) in [6, 6.07) is 18.2. The highest BCUT2D eigenvalue weighted by Gasteiger charge is 2.23. The molecule has 0 unspecified atom stereocenters. The number of thiophene rings is 1. The molecule has 0 saturated carbocycles. The fourth-order valence-electron chi connectivity index (χ4n) is 3.90. The van der Waals surface area contributed by atoms with E-state index in [0.29, 0.717) is 13.2 Å². The van der Waals surface area contributed by atoms with Crippen molar-refractivity contribution in [3.63, 3.8) is 0 Å². The standard InChI is InChI=1S/C25H22N2O2S/c1-16-17(2)30-24-22(16)25(28)27-12-11-20(23(27)26-24)13-19-9-6-10-21(14-19)29-15-18-7-4-3-5-8-18/h3-10,13-14H,11-12,15H2,1-2H3/b20-13-. The molecule has 0 saturated heterocycles. The van der Waals surface area contributed by atoms with Crippen molar-refractivity contribution in [1.82, 2.24) is 9.55 Å². The summed E-state index contributed by atoms with van der Waals surface area (Å²) in [5.41, 5.74) is 4.43. The fourth-order valence-corrected chi connectivity index (χ4v) is 4.92. The average Bonchev–Trinajstić information content (AvgIpc) is 3.28. The van der Waals surface area contributed by atoms with Gasteiger partial charge in [0.25, 0.3) is 5.56 Å². The maximum Gasteiger partial charge on any atom is 0.262 e. The number of aromatic nitrogens is 2. The second kappa shape index (κ2) is 7.58. The summed E-state index contributed by atoms with van der Waals surface area (Å²) in [5, 5.41) is 0.777. The van der Waals surface area contributed by atoms with E-state index in [9.17, 15) is 4.79 Å². The second-order valence-corrected chi connectivity index (χ2v) is 8.83. The number of hydrogen-bond acceptors (Lipinski definition) is 4. The van der Waals surface area contributed by atoms with Crippen LogP contribution in [0.5, 0.6) is 5.75 Å². The monoisotopic (exact) mass is 414 g/mol. The van der Waals surface area contributed by atoms with Gasteiger partial charge in [0, 0.05) is 11.4 Å². The van der Waals surface area contributed by atoms with Gasteiger partial charge in [0.05, 0.1) is 5.39 Å². The molecule has 0 radical (unpaired) electrons. The Balaban J connectivity index is 1.46. The van der Waals surface area contributed by atoms with Crippen molar-refractivity contribution in [2.75, 3.05) is 0 Å². The van der Waals surface area contributed by atoms with Crippen molar-refractivity contribution in [2.45, 2.75) is 33.4 Å². The van der Waals surface area contributed by atoms with Crippen LogP contribution in [0.1, 0.15) is 33.8 Å². The molecule has 0 N–H and O–H groups in total. The smallest absolute Gasteiger partial charge is 0.262 e. The molecule has 2 aromatic heterocycles. The van der Waals surface area contributed by atoms with Crippen LogP contribution in [0.4, 0.5) is 0 Å². The summed E-state index contributed by atoms with van der Waals surface area (Å²) >= 11 is 1.60. The molecule has 0 amide bonds. The van der Waals surface area contributed by atoms with Crippen LogP contribution in [-0.2, 0) is 13.2 Å². The largest absolute Gasteiger partial charge is 0.489 e. The van der Waals surface area contributed by atoms with Crippen molar-refractivity contribution in [2.24, 2.45) is 0 Å². The lowest BCUT2D eigenvalue weighted by molar-refractivity contribution is 0.306. The molecule has 2 aromatic carbocycles. The highest BCUT2D eigenvalue weighted by Crippen LogP contribution is 2.32. The number of aryl methyl sites for hydroxylation is 2. The lowest BCUT2D eigenvalue weighted by atomic mass is 10.1. The van der Waals surface area contributed by atoms with E-state index in [4.69, 9.17) is 9.72 Å². The first-order chi connectivity index (χ1) is 14.6. The number of nitrogens with zero attached hydrogens (tertiary/aromatic N) is 2. The van der Waals surface area contributed by atoms with Crippen LogP contribution in [-0.4, -0.2) is 9.55 Å². The van der Waals surface area contributed by atoms with E-state index in [2.05, 4.69) is 31.2 Å². The molecule has 0 spiro atoms. The Hall–Kier alpha value is -3.18. The molecule has 150 valence electrons. The molecule has 5 heteroatoms. The van der Waals surface area contributed by atoms with E-state index < -0.39 is 0 Å². The fraction of sp³-hybridized carbons (Fsp3) is 0.200. The van der Waals surface area contributed by atoms with Crippen molar-refractivity contribution >= 4 is 33.2 Å². The molecule has 1 aliphatic heterocycles. The maximum atomic E-state index is 13.0. The molecule has 0 atom stereocenters. The van der Waals surface area contributed by atoms with Gasteiger partial charge in [-0.3, -0.25) is 9.36 Å². The van der Waals surface area contributed by atoms with Crippen LogP contribution in [0.3, 0.4) is 0 Å². The minimum absolute atomic E-state index is 0.0835. The Morgan fingerprint density at radius 3 is 2.80 bits per heavy atom. The number of ether oxygens (including phenoxy) is 1. The summed E-state index contributed by atoms with van der Waals surface area (Å²) in [7, 11) is 0. The third-order valence-electron chi connectivity index (χ3n) is 5.63. The molecule has 3 heterocycles. The van der Waals surface area contributed by atoms with Gasteiger partial charge >= 0.3 is 0 Å². The van der Waals surface area contributed by atoms with Gasteiger partial charge in [-0.05, 0) is 60.7 Å². The van der Waals surface area contributed by atoms with E-state index in [-0.39, 0.29) is 5.56 Å². The van der Waals surface area contributed by atoms with E-state index in [1.165, 1.54) is 0 Å². The van der Waals surface area contributed by atoms with Gasteiger partial charge in [-0.1, -0.05) is 42.5 Å². The van der Waals surface area contributed by atoms with Crippen LogP contribution in [0, 0.1) is 13.8 Å². The summed E-state index contributed by atoms with van der Waals surface area (Å²) in [6.45, 7) is 5.28. The summed E-state index contributed by atoms with van der Waals surface area (Å²) in [4.78, 5) is 19.9. The maximum absolute atomic E-state index is 13.0. The Morgan fingerprint density at radius 2 is 1.97 bits per heavy atom. The summed E-state index contributed by atoms with van der Waals surface area (Å²) < 4.78 is 7.78. The summed E-state index contributed by atoms with van der Waals surface area (Å²) in [5.74, 6) is 1.63. The topological polar surface area (TPSA) is 44.1 Å². The Labute approximate surface area is 179 Å². The van der Waals surface area contributed by atoms with Crippen molar-refractivity contribution in [3.8, 4) is 5.75 Å². The third-order valence-corrected chi connectivity index (χ3v) is 6.73. The molecule has 0 bridgehead atoms. The first-order valence-electron chi connectivity index (χ1n) is 10.1. The van der Waals surface area contributed by atoms with Gasteiger partial charge in [-0.25, -0.2) is 4.98 Å². The molecule has 4 nitrogen and oxygen atoms in total. The van der Waals surface area contributed by atoms with Gasteiger partial charge in [-0.15, -0.1) is 11.3 Å². The zero-order chi connectivity index (χ0) is 20.7. The predicted molar refractivity (Wildman–Crippen MR) is 123 cm³/mol. The molecule has 30 heavy (non-hydrogen) atoms. The number of hydrogen-bond donors (Lipinski definition) is 0. The SMILES string of the molecule is Cc1sc2nc3n(c(=O)c2c1C)CC/C3=C/c1cccc(OCc2ccccc2)c1. The molecule has 1 aliphatic rings. The minimum Gasteiger partial charge on any atom is -0.489 e. The van der Waals surface area contributed by atoms with Crippen molar-refractivity contribution in [3.05, 3.63) is 92.3 Å². The third kappa shape index (κ3) is 3.35. The van der Waals surface area contributed by atoms with Gasteiger partial charge in [-0.2, -0.15) is 0 Å². The molecule has 0 aliphatic carbocycles. The highest BCUT2D eigenvalue weighted by molar-refractivity contribution is 7.18. The molecular weight excluding hydrogens is 392 g/mol. The van der Waals surface area contributed by atoms with Crippen LogP contribution >= 0.6 is 11.3 Å². The first kappa shape index (κ1) is 18.8. The van der Waals surface area contributed by atoms with E-state index in [1.54, 1.807) is 11.3 Å². The van der Waals surface area contributed by atoms with Crippen molar-refractivity contribution < 1.29 is 4.74 Å². The van der Waals surface area contributed by atoms with Crippen LogP contribution in [0.2, 0.25) is 0 Å². The van der Waals surface area contributed by atoms with Gasteiger partial charge in [0.15, 0.2) is 0 Å². The van der Waals surface area contributed by atoms with Crippen LogP contribution in [0.15, 0.2) is 59.4 Å². The zero-order valence-electron chi connectivity index (χ0n) is 17.0. The molecule has 4 aromatic rings. The predicted octanol–water partition coefficient (Wildman–Crippen LogP) is 5.60. The molecule has 0 fully saturated rings. The minimum atomic E-state index is 0.0835. The average molecular weight is 415 g/mol. The van der Waals surface area contributed by atoms with Gasteiger partial charge in [0.1, 0.15) is 23.0 Å². The van der Waals surface area contributed by atoms with E-state index >= 15 is 0 Å². The van der Waals surface area contributed by atoms with Gasteiger partial charge in [0.2, 0.25) is 0 Å². The van der Waals surface area contributed by atoms with Gasteiger partial charge < -0.3 is 4.74 Å². The Bertz CT molecular complexity index is 1330. The number of benzene rings is 2. The lowest BCUT2D eigenvalue weighted by Gasteiger charge is -2.07. The number of rotatable bonds is 4. The Morgan fingerprint density at radius 1 is 1.13 bits per heavy atom. The van der Waals surface area contributed by atoms with Crippen LogP contribution < -0.4 is 10.3 Å². The Kier molecular flexibility index (Phi) is 4.75. The molecular formula is C25H22N2O2S. The zero-order valence-corrected chi connectivity index (χ0v) is 17.8. The molecule has 5 rings (SSSR count). The quantitative estimate of drug-likeness (QED) is 0.437. The van der Waals surface area contributed by atoms with Crippen LogP contribution in [0.25, 0.3) is 21.9 Å². The normalized spacial score (nSPS) is 14.4.